The zero-order valence-corrected chi connectivity index (χ0v) is 13.5. The van der Waals surface area contributed by atoms with Crippen LogP contribution in [0.4, 0.5) is 4.79 Å². The van der Waals surface area contributed by atoms with E-state index < -0.39 is 23.2 Å². The van der Waals surface area contributed by atoms with Crippen LogP contribution in [0.2, 0.25) is 0 Å². The Kier molecular flexibility index (Phi) is 5.76. The highest BCUT2D eigenvalue weighted by molar-refractivity contribution is 5.87. The van der Waals surface area contributed by atoms with Crippen molar-refractivity contribution in [2.75, 3.05) is 26.3 Å². The van der Waals surface area contributed by atoms with Crippen molar-refractivity contribution < 1.29 is 29.0 Å². The Labute approximate surface area is 129 Å². The second kappa shape index (κ2) is 6.95. The van der Waals surface area contributed by atoms with Gasteiger partial charge in [0.25, 0.3) is 0 Å². The van der Waals surface area contributed by atoms with E-state index in [1.807, 2.05) is 0 Å². The summed E-state index contributed by atoms with van der Waals surface area (Å²) in [5, 5.41) is 11.8. The second-order valence-electron chi connectivity index (χ2n) is 6.22. The molecule has 1 aliphatic heterocycles. The Morgan fingerprint density at radius 2 is 1.95 bits per heavy atom. The van der Waals surface area contributed by atoms with Gasteiger partial charge in [0.15, 0.2) is 5.54 Å². The van der Waals surface area contributed by atoms with Gasteiger partial charge in [-0.25, -0.2) is 9.59 Å². The van der Waals surface area contributed by atoms with E-state index in [0.717, 1.165) is 0 Å². The van der Waals surface area contributed by atoms with E-state index in [1.54, 1.807) is 27.7 Å². The standard InChI is InChI=1S/C14H24N2O6/c1-5-21-8-10(17)16-7-6-14(9-16,11(18)19)15-12(20)22-13(2,3)4/h5-9H2,1-4H3,(H,15,20)(H,18,19). The fourth-order valence-electron chi connectivity index (χ4n) is 2.13. The molecule has 1 heterocycles. The van der Waals surface area contributed by atoms with E-state index in [0.29, 0.717) is 6.61 Å². The fraction of sp³-hybridized carbons (Fsp3) is 0.786. The molecule has 1 rings (SSSR count). The summed E-state index contributed by atoms with van der Waals surface area (Å²) in [6.07, 6.45) is -0.687. The normalized spacial score (nSPS) is 21.5. The van der Waals surface area contributed by atoms with Crippen LogP contribution >= 0.6 is 0 Å². The minimum absolute atomic E-state index is 0.0986. The molecule has 0 aromatic rings. The minimum Gasteiger partial charge on any atom is -0.479 e. The molecule has 8 nitrogen and oxygen atoms in total. The fourth-order valence-corrected chi connectivity index (χ4v) is 2.13. The number of carboxylic acid groups (broad SMARTS) is 1. The summed E-state index contributed by atoms with van der Waals surface area (Å²) in [5.41, 5.74) is -2.25. The molecule has 1 aliphatic rings. The monoisotopic (exact) mass is 316 g/mol. The van der Waals surface area contributed by atoms with Crippen molar-refractivity contribution in [3.63, 3.8) is 0 Å². The van der Waals surface area contributed by atoms with Crippen LogP contribution in [-0.4, -0.2) is 65.4 Å². The highest BCUT2D eigenvalue weighted by atomic mass is 16.6. The van der Waals surface area contributed by atoms with Gasteiger partial charge < -0.3 is 24.8 Å². The van der Waals surface area contributed by atoms with Crippen LogP contribution in [-0.2, 0) is 19.1 Å². The van der Waals surface area contributed by atoms with Crippen LogP contribution in [0.1, 0.15) is 34.1 Å². The van der Waals surface area contributed by atoms with Crippen molar-refractivity contribution >= 4 is 18.0 Å². The maximum atomic E-state index is 11.9. The Morgan fingerprint density at radius 1 is 1.32 bits per heavy atom. The van der Waals surface area contributed by atoms with Gasteiger partial charge in [0, 0.05) is 19.6 Å². The van der Waals surface area contributed by atoms with Gasteiger partial charge in [0.2, 0.25) is 5.91 Å². The number of hydrogen-bond acceptors (Lipinski definition) is 5. The maximum absolute atomic E-state index is 11.9. The molecule has 126 valence electrons. The van der Waals surface area contributed by atoms with Crippen LogP contribution < -0.4 is 5.32 Å². The van der Waals surface area contributed by atoms with Gasteiger partial charge in [0.05, 0.1) is 6.54 Å². The number of carbonyl (C=O) groups excluding carboxylic acids is 2. The molecule has 1 atom stereocenters. The van der Waals surface area contributed by atoms with Gasteiger partial charge in [-0.1, -0.05) is 0 Å². The van der Waals surface area contributed by atoms with Crippen LogP contribution in [0.15, 0.2) is 0 Å². The van der Waals surface area contributed by atoms with E-state index in [4.69, 9.17) is 9.47 Å². The molecule has 1 fully saturated rings. The number of nitrogens with one attached hydrogen (secondary N) is 1. The average Bonchev–Trinajstić information content (AvgIpc) is 2.79. The molecule has 0 aromatic heterocycles. The first kappa shape index (κ1) is 18.2. The van der Waals surface area contributed by atoms with Crippen molar-refractivity contribution in [2.24, 2.45) is 0 Å². The van der Waals surface area contributed by atoms with E-state index >= 15 is 0 Å². The average molecular weight is 316 g/mol. The summed E-state index contributed by atoms with van der Waals surface area (Å²) in [6.45, 7) is 7.27. The zero-order chi connectivity index (χ0) is 17.0. The number of hydrogen-bond donors (Lipinski definition) is 2. The van der Waals surface area contributed by atoms with Gasteiger partial charge in [-0.05, 0) is 27.7 Å². The highest BCUT2D eigenvalue weighted by Gasteiger charge is 2.48. The van der Waals surface area contributed by atoms with Crippen LogP contribution in [0.25, 0.3) is 0 Å². The number of nitrogens with zero attached hydrogens (tertiary/aromatic N) is 1. The lowest BCUT2D eigenvalue weighted by atomic mass is 9.99. The molecule has 0 saturated carbocycles. The minimum atomic E-state index is -1.52. The van der Waals surface area contributed by atoms with Crippen molar-refractivity contribution in [1.82, 2.24) is 10.2 Å². The van der Waals surface area contributed by atoms with Crippen LogP contribution in [0.5, 0.6) is 0 Å². The molecule has 0 aromatic carbocycles. The van der Waals surface area contributed by atoms with Gasteiger partial charge in [-0.15, -0.1) is 0 Å². The summed E-state index contributed by atoms with van der Waals surface area (Å²) in [4.78, 5) is 36.7. The molecule has 8 heteroatoms. The lowest BCUT2D eigenvalue weighted by Crippen LogP contribution is -2.57. The number of ether oxygens (including phenoxy) is 2. The largest absolute Gasteiger partial charge is 0.479 e. The molecular weight excluding hydrogens is 292 g/mol. The predicted molar refractivity (Wildman–Crippen MR) is 77.4 cm³/mol. The Bertz CT molecular complexity index is 445. The Morgan fingerprint density at radius 3 is 2.45 bits per heavy atom. The topological polar surface area (TPSA) is 105 Å². The van der Waals surface area contributed by atoms with E-state index in [-0.39, 0.29) is 32.0 Å². The van der Waals surface area contributed by atoms with Crippen LogP contribution in [0.3, 0.4) is 0 Å². The van der Waals surface area contributed by atoms with Crippen molar-refractivity contribution in [3.05, 3.63) is 0 Å². The zero-order valence-electron chi connectivity index (χ0n) is 13.5. The summed E-state index contributed by atoms with van der Waals surface area (Å²) in [6, 6.07) is 0. The molecular formula is C14H24N2O6. The number of amides is 2. The highest BCUT2D eigenvalue weighted by Crippen LogP contribution is 2.23. The molecule has 2 N–H and O–H groups in total. The summed E-state index contributed by atoms with van der Waals surface area (Å²) in [5.74, 6) is -1.49. The van der Waals surface area contributed by atoms with Gasteiger partial charge in [0.1, 0.15) is 12.2 Å². The van der Waals surface area contributed by atoms with E-state index in [9.17, 15) is 19.5 Å². The number of rotatable bonds is 5. The van der Waals surface area contributed by atoms with Crippen molar-refractivity contribution in [3.8, 4) is 0 Å². The lowest BCUT2D eigenvalue weighted by Gasteiger charge is -2.28. The molecule has 22 heavy (non-hydrogen) atoms. The Hall–Kier alpha value is -1.83. The number of carboxylic acids is 1. The number of likely N-dealkylation sites (tertiary alicyclic amines) is 1. The van der Waals surface area contributed by atoms with Gasteiger partial charge in [-0.2, -0.15) is 0 Å². The third-order valence-corrected chi connectivity index (χ3v) is 3.20. The maximum Gasteiger partial charge on any atom is 0.408 e. The van der Waals surface area contributed by atoms with Crippen LogP contribution in [0, 0.1) is 0 Å². The van der Waals surface area contributed by atoms with Crippen molar-refractivity contribution in [2.45, 2.75) is 45.3 Å². The molecule has 0 spiro atoms. The number of alkyl carbamates (subject to hydrolysis) is 1. The van der Waals surface area contributed by atoms with E-state index in [2.05, 4.69) is 5.32 Å². The number of aliphatic carboxylic acids is 1. The van der Waals surface area contributed by atoms with Gasteiger partial charge in [-0.3, -0.25) is 4.79 Å². The lowest BCUT2D eigenvalue weighted by molar-refractivity contribution is -0.145. The molecule has 0 aliphatic carbocycles. The van der Waals surface area contributed by atoms with Crippen molar-refractivity contribution in [1.29, 1.82) is 0 Å². The smallest absolute Gasteiger partial charge is 0.408 e. The summed E-state index contributed by atoms with van der Waals surface area (Å²) >= 11 is 0. The number of carbonyl (C=O) groups is 3. The second-order valence-corrected chi connectivity index (χ2v) is 6.22. The molecule has 0 radical (unpaired) electrons. The summed E-state index contributed by atoms with van der Waals surface area (Å²) < 4.78 is 10.1. The van der Waals surface area contributed by atoms with E-state index in [1.165, 1.54) is 4.90 Å². The molecule has 1 unspecified atom stereocenters. The predicted octanol–water partition coefficient (Wildman–Crippen LogP) is 0.603. The third kappa shape index (κ3) is 4.87. The first-order chi connectivity index (χ1) is 10.1. The molecule has 2 amide bonds. The third-order valence-electron chi connectivity index (χ3n) is 3.20. The molecule has 0 bridgehead atoms. The Balaban J connectivity index is 2.72. The first-order valence-corrected chi connectivity index (χ1v) is 7.20. The first-order valence-electron chi connectivity index (χ1n) is 7.20. The van der Waals surface area contributed by atoms with Gasteiger partial charge >= 0.3 is 12.1 Å². The quantitative estimate of drug-likeness (QED) is 0.769. The molecule has 1 saturated heterocycles. The SMILES string of the molecule is CCOCC(=O)N1CCC(NC(=O)OC(C)(C)C)(C(=O)O)C1. The summed E-state index contributed by atoms with van der Waals surface area (Å²) in [7, 11) is 0.